The molecular weight excluding hydrogens is 314 g/mol. The second-order valence-corrected chi connectivity index (χ2v) is 6.41. The maximum absolute atomic E-state index is 13.6. The number of halogens is 3. The van der Waals surface area contributed by atoms with Gasteiger partial charge in [0.1, 0.15) is 5.82 Å². The van der Waals surface area contributed by atoms with E-state index in [0.717, 1.165) is 19.4 Å². The van der Waals surface area contributed by atoms with Crippen molar-refractivity contribution in [2.24, 2.45) is 5.92 Å². The summed E-state index contributed by atoms with van der Waals surface area (Å²) in [5.74, 6) is -0.561. The summed E-state index contributed by atoms with van der Waals surface area (Å²) in [6.45, 7) is 4.69. The Bertz CT molecular complexity index is 539. The molecule has 1 fully saturated rings. The van der Waals surface area contributed by atoms with E-state index < -0.39 is 5.82 Å². The zero-order valence-electron chi connectivity index (χ0n) is 12.1. The van der Waals surface area contributed by atoms with Crippen LogP contribution in [0.3, 0.4) is 0 Å². The minimum absolute atomic E-state index is 0.0118. The number of benzene rings is 1. The topological polar surface area (TPSA) is 41.1 Å². The van der Waals surface area contributed by atoms with Crippen LogP contribution >= 0.6 is 23.2 Å². The Balaban J connectivity index is 2.05. The van der Waals surface area contributed by atoms with Crippen LogP contribution in [0.15, 0.2) is 12.1 Å². The van der Waals surface area contributed by atoms with E-state index in [2.05, 4.69) is 17.6 Å². The van der Waals surface area contributed by atoms with Crippen molar-refractivity contribution in [1.82, 2.24) is 10.6 Å². The van der Waals surface area contributed by atoms with Gasteiger partial charge in [0.2, 0.25) is 5.91 Å². The highest BCUT2D eigenvalue weighted by molar-refractivity contribution is 6.35. The van der Waals surface area contributed by atoms with Gasteiger partial charge in [-0.1, -0.05) is 23.2 Å². The van der Waals surface area contributed by atoms with Crippen molar-refractivity contribution < 1.29 is 9.18 Å². The van der Waals surface area contributed by atoms with Gasteiger partial charge in [-0.3, -0.25) is 4.79 Å². The van der Waals surface area contributed by atoms with Gasteiger partial charge in [0.15, 0.2) is 0 Å². The lowest BCUT2D eigenvalue weighted by Crippen LogP contribution is -2.43. The first-order valence-electron chi connectivity index (χ1n) is 7.06. The zero-order chi connectivity index (χ0) is 15.6. The molecule has 0 aromatic heterocycles. The van der Waals surface area contributed by atoms with E-state index in [9.17, 15) is 9.18 Å². The average molecular weight is 333 g/mol. The predicted octanol–water partition coefficient (Wildman–Crippen LogP) is 3.70. The Morgan fingerprint density at radius 2 is 2.14 bits per heavy atom. The molecule has 1 aromatic carbocycles. The highest BCUT2D eigenvalue weighted by atomic mass is 35.5. The molecule has 116 valence electrons. The van der Waals surface area contributed by atoms with Gasteiger partial charge < -0.3 is 10.6 Å². The molecule has 0 bridgehead atoms. The summed E-state index contributed by atoms with van der Waals surface area (Å²) in [6, 6.07) is 2.62. The van der Waals surface area contributed by atoms with Gasteiger partial charge in [0.05, 0.1) is 11.1 Å². The number of rotatable bonds is 3. The van der Waals surface area contributed by atoms with Crippen LogP contribution in [0.1, 0.15) is 38.3 Å². The maximum Gasteiger partial charge on any atom is 0.223 e. The lowest BCUT2D eigenvalue weighted by molar-refractivity contribution is -0.126. The van der Waals surface area contributed by atoms with Gasteiger partial charge in [0, 0.05) is 17.0 Å². The van der Waals surface area contributed by atoms with Crippen LogP contribution in [0.5, 0.6) is 0 Å². The van der Waals surface area contributed by atoms with Crippen LogP contribution in [0.25, 0.3) is 0 Å². The second-order valence-electron chi connectivity index (χ2n) is 5.59. The maximum atomic E-state index is 13.6. The van der Waals surface area contributed by atoms with Gasteiger partial charge in [0.25, 0.3) is 0 Å². The molecule has 0 aliphatic carbocycles. The predicted molar refractivity (Wildman–Crippen MR) is 83.2 cm³/mol. The van der Waals surface area contributed by atoms with Crippen LogP contribution in [-0.2, 0) is 4.79 Å². The van der Waals surface area contributed by atoms with Crippen molar-refractivity contribution in [3.05, 3.63) is 33.6 Å². The van der Waals surface area contributed by atoms with E-state index in [1.54, 1.807) is 6.92 Å². The van der Waals surface area contributed by atoms with E-state index in [0.29, 0.717) is 16.6 Å². The standard InChI is InChI=1S/C15H19Cl2FN2O/c1-8-5-10(3-4-19-8)15(21)20-9(2)11-6-14(18)13(17)7-12(11)16/h6-10,19H,3-5H2,1-2H3,(H,20,21)/t8-,9?,10-/m0/s1. The second kappa shape index (κ2) is 6.95. The molecule has 1 amide bonds. The number of carbonyl (C=O) groups excluding carboxylic acids is 1. The Kier molecular flexibility index (Phi) is 5.47. The van der Waals surface area contributed by atoms with Crippen molar-refractivity contribution >= 4 is 29.1 Å². The van der Waals surface area contributed by atoms with Crippen molar-refractivity contribution in [1.29, 1.82) is 0 Å². The van der Waals surface area contributed by atoms with Gasteiger partial charge in [-0.15, -0.1) is 0 Å². The number of amides is 1. The molecule has 1 aliphatic heterocycles. The third kappa shape index (κ3) is 4.09. The quantitative estimate of drug-likeness (QED) is 0.828. The molecule has 1 aromatic rings. The van der Waals surface area contributed by atoms with Crippen molar-refractivity contribution in [2.75, 3.05) is 6.54 Å². The van der Waals surface area contributed by atoms with Crippen LogP contribution in [0, 0.1) is 11.7 Å². The smallest absolute Gasteiger partial charge is 0.223 e. The number of carbonyl (C=O) groups is 1. The fourth-order valence-corrected chi connectivity index (χ4v) is 3.20. The minimum Gasteiger partial charge on any atom is -0.349 e. The van der Waals surface area contributed by atoms with Gasteiger partial charge in [-0.2, -0.15) is 0 Å². The van der Waals surface area contributed by atoms with Crippen molar-refractivity contribution in [3.8, 4) is 0 Å². The molecule has 1 aliphatic rings. The van der Waals surface area contributed by atoms with E-state index >= 15 is 0 Å². The number of piperidine rings is 1. The molecule has 1 saturated heterocycles. The van der Waals surface area contributed by atoms with Gasteiger partial charge in [-0.25, -0.2) is 4.39 Å². The molecule has 3 atom stereocenters. The third-order valence-corrected chi connectivity index (χ3v) is 4.48. The first-order valence-corrected chi connectivity index (χ1v) is 7.82. The van der Waals surface area contributed by atoms with E-state index in [-0.39, 0.29) is 22.9 Å². The molecular formula is C15H19Cl2FN2O. The summed E-state index contributed by atoms with van der Waals surface area (Å²) in [7, 11) is 0. The average Bonchev–Trinajstić information content (AvgIpc) is 2.42. The highest BCUT2D eigenvalue weighted by Crippen LogP contribution is 2.29. The van der Waals surface area contributed by atoms with Crippen molar-refractivity contribution in [3.63, 3.8) is 0 Å². The Labute approximate surface area is 134 Å². The number of hydrogen-bond donors (Lipinski definition) is 2. The van der Waals surface area contributed by atoms with Gasteiger partial charge in [-0.05, 0) is 50.9 Å². The molecule has 2 rings (SSSR count). The summed E-state index contributed by atoms with van der Waals surface area (Å²) in [5, 5.41) is 6.56. The summed E-state index contributed by atoms with van der Waals surface area (Å²) < 4.78 is 13.6. The Morgan fingerprint density at radius 1 is 1.43 bits per heavy atom. The molecule has 3 nitrogen and oxygen atoms in total. The molecule has 21 heavy (non-hydrogen) atoms. The third-order valence-electron chi connectivity index (χ3n) is 3.86. The summed E-state index contributed by atoms with van der Waals surface area (Å²) in [6.07, 6.45) is 1.62. The molecule has 1 unspecified atom stereocenters. The molecule has 0 saturated carbocycles. The Morgan fingerprint density at radius 3 is 2.81 bits per heavy atom. The van der Waals surface area contributed by atoms with Crippen molar-refractivity contribution in [2.45, 2.75) is 38.8 Å². The normalized spacial score (nSPS) is 23.7. The SMILES string of the molecule is CC(NC(=O)[C@H]1CCN[C@@H](C)C1)c1cc(F)c(Cl)cc1Cl. The van der Waals surface area contributed by atoms with Gasteiger partial charge >= 0.3 is 0 Å². The van der Waals surface area contributed by atoms with Crippen LogP contribution < -0.4 is 10.6 Å². The first-order chi connectivity index (χ1) is 9.88. The zero-order valence-corrected chi connectivity index (χ0v) is 13.6. The molecule has 6 heteroatoms. The minimum atomic E-state index is -0.535. The van der Waals surface area contributed by atoms with Crippen LogP contribution in [0.4, 0.5) is 4.39 Å². The molecule has 0 spiro atoms. The number of nitrogens with one attached hydrogen (secondary N) is 2. The first kappa shape index (κ1) is 16.5. The number of hydrogen-bond acceptors (Lipinski definition) is 2. The monoisotopic (exact) mass is 332 g/mol. The summed E-state index contributed by atoms with van der Waals surface area (Å²) in [5.41, 5.74) is 0.536. The van der Waals surface area contributed by atoms with E-state index in [4.69, 9.17) is 23.2 Å². The molecule has 2 N–H and O–H groups in total. The lowest BCUT2D eigenvalue weighted by Gasteiger charge is -2.28. The highest BCUT2D eigenvalue weighted by Gasteiger charge is 2.26. The van der Waals surface area contributed by atoms with Crippen LogP contribution in [-0.4, -0.2) is 18.5 Å². The lowest BCUT2D eigenvalue weighted by atomic mass is 9.92. The summed E-state index contributed by atoms with van der Waals surface area (Å²) in [4.78, 5) is 12.3. The largest absolute Gasteiger partial charge is 0.349 e. The molecule has 1 heterocycles. The van der Waals surface area contributed by atoms with Crippen LogP contribution in [0.2, 0.25) is 10.0 Å². The van der Waals surface area contributed by atoms with E-state index in [1.165, 1.54) is 12.1 Å². The molecule has 0 radical (unpaired) electrons. The summed E-state index contributed by atoms with van der Waals surface area (Å²) >= 11 is 11.8. The fraction of sp³-hybridized carbons (Fsp3) is 0.533. The Hall–Kier alpha value is -0.840. The fourth-order valence-electron chi connectivity index (χ4n) is 2.65. The van der Waals surface area contributed by atoms with E-state index in [1.807, 2.05) is 0 Å².